The minimum absolute atomic E-state index is 0.00595. The second kappa shape index (κ2) is 7.00. The zero-order chi connectivity index (χ0) is 21.6. The van der Waals surface area contributed by atoms with Crippen LogP contribution in [-0.4, -0.2) is 29.7 Å². The van der Waals surface area contributed by atoms with Crippen LogP contribution in [0.3, 0.4) is 0 Å². The van der Waals surface area contributed by atoms with Crippen LogP contribution in [0.2, 0.25) is 0 Å². The van der Waals surface area contributed by atoms with Crippen LogP contribution in [0.15, 0.2) is 58.8 Å². The fraction of sp³-hybridized carbons (Fsp3) is 0.190. The van der Waals surface area contributed by atoms with Crippen molar-refractivity contribution in [2.75, 3.05) is 25.6 Å². The topological polar surface area (TPSA) is 115 Å². The first-order valence-electron chi connectivity index (χ1n) is 8.97. The van der Waals surface area contributed by atoms with Gasteiger partial charge in [0.1, 0.15) is 28.0 Å². The van der Waals surface area contributed by atoms with Crippen LogP contribution in [0.4, 0.5) is 5.69 Å². The number of anilines is 1. The molecule has 0 unspecified atom stereocenters. The Balaban J connectivity index is 2.08. The van der Waals surface area contributed by atoms with Gasteiger partial charge in [-0.1, -0.05) is 18.2 Å². The van der Waals surface area contributed by atoms with Gasteiger partial charge in [-0.25, -0.2) is 8.42 Å². The van der Waals surface area contributed by atoms with Crippen molar-refractivity contribution in [3.63, 3.8) is 0 Å². The van der Waals surface area contributed by atoms with Gasteiger partial charge >= 0.3 is 0 Å². The smallest absolute Gasteiger partial charge is 0.264 e. The molecule has 2 aromatic rings. The van der Waals surface area contributed by atoms with Crippen molar-refractivity contribution in [1.82, 2.24) is 0 Å². The first-order chi connectivity index (χ1) is 14.3. The Bertz CT molecular complexity index is 1260. The molecule has 0 saturated heterocycles. The minimum Gasteiger partial charge on any atom is -0.497 e. The van der Waals surface area contributed by atoms with Crippen LogP contribution >= 0.6 is 0 Å². The molecule has 2 aliphatic heterocycles. The number of para-hydroxylation sites is 1. The highest BCUT2D eigenvalue weighted by molar-refractivity contribution is 7.96. The average molecular weight is 425 g/mol. The Kier molecular flexibility index (Phi) is 4.59. The highest BCUT2D eigenvalue weighted by Crippen LogP contribution is 2.52. The van der Waals surface area contributed by atoms with Gasteiger partial charge < -0.3 is 19.9 Å². The molecule has 0 saturated carbocycles. The molecule has 0 fully saturated rings. The normalized spacial score (nSPS) is 19.4. The summed E-state index contributed by atoms with van der Waals surface area (Å²) < 4.78 is 44.7. The number of nitriles is 1. The summed E-state index contributed by atoms with van der Waals surface area (Å²) in [5.74, 6) is -0.135. The Morgan fingerprint density at radius 2 is 1.90 bits per heavy atom. The number of benzene rings is 2. The average Bonchev–Trinajstić information content (AvgIpc) is 2.76. The van der Waals surface area contributed by atoms with Crippen LogP contribution in [0.25, 0.3) is 5.76 Å². The Morgan fingerprint density at radius 3 is 2.57 bits per heavy atom. The fourth-order valence-corrected chi connectivity index (χ4v) is 5.41. The lowest BCUT2D eigenvalue weighted by Gasteiger charge is -2.36. The van der Waals surface area contributed by atoms with E-state index in [2.05, 4.69) is 0 Å². The van der Waals surface area contributed by atoms with Crippen LogP contribution in [0.1, 0.15) is 17.0 Å². The van der Waals surface area contributed by atoms with Gasteiger partial charge in [0.25, 0.3) is 10.0 Å². The summed E-state index contributed by atoms with van der Waals surface area (Å²) >= 11 is 0. The van der Waals surface area contributed by atoms with Crippen LogP contribution in [0.5, 0.6) is 11.5 Å². The molecule has 0 aromatic heterocycles. The number of ether oxygens (including phenoxy) is 3. The second-order valence-electron chi connectivity index (χ2n) is 6.72. The van der Waals surface area contributed by atoms with Gasteiger partial charge in [0.05, 0.1) is 25.8 Å². The van der Waals surface area contributed by atoms with Crippen molar-refractivity contribution < 1.29 is 22.6 Å². The number of sulfonamides is 1. The summed E-state index contributed by atoms with van der Waals surface area (Å²) in [6, 6.07) is 13.9. The molecule has 0 spiro atoms. The molecule has 2 aromatic carbocycles. The number of allylic oxidation sites excluding steroid dienone is 2. The van der Waals surface area contributed by atoms with Crippen LogP contribution < -0.4 is 19.5 Å². The third-order valence-electron chi connectivity index (χ3n) is 5.25. The second-order valence-corrected chi connectivity index (χ2v) is 8.65. The Morgan fingerprint density at radius 1 is 1.17 bits per heavy atom. The van der Waals surface area contributed by atoms with E-state index in [1.165, 1.54) is 25.6 Å². The molecule has 0 amide bonds. The molecular formula is C21H19N3O5S. The number of nitrogens with two attached hydrogens (primary N) is 1. The molecule has 154 valence electrons. The number of methoxy groups -OCH3 is 2. The van der Waals surface area contributed by atoms with Crippen LogP contribution in [0, 0.1) is 11.3 Å². The maximum absolute atomic E-state index is 13.5. The lowest BCUT2D eigenvalue weighted by Crippen LogP contribution is -2.37. The van der Waals surface area contributed by atoms with E-state index < -0.39 is 15.9 Å². The van der Waals surface area contributed by atoms with Crippen molar-refractivity contribution in [3.8, 4) is 17.6 Å². The molecule has 30 heavy (non-hydrogen) atoms. The fourth-order valence-electron chi connectivity index (χ4n) is 3.76. The maximum atomic E-state index is 13.5. The van der Waals surface area contributed by atoms with E-state index in [9.17, 15) is 13.7 Å². The molecule has 2 N–H and O–H groups in total. The van der Waals surface area contributed by atoms with Crippen molar-refractivity contribution >= 4 is 21.5 Å². The molecule has 8 nitrogen and oxygen atoms in total. The predicted octanol–water partition coefficient (Wildman–Crippen LogP) is 2.66. The molecule has 0 radical (unpaired) electrons. The van der Waals surface area contributed by atoms with E-state index in [4.69, 9.17) is 19.9 Å². The molecule has 9 heteroatoms. The van der Waals surface area contributed by atoms with Crippen molar-refractivity contribution in [2.24, 2.45) is 5.73 Å². The van der Waals surface area contributed by atoms with Crippen molar-refractivity contribution in [1.29, 1.82) is 5.26 Å². The number of hydrogen-bond donors (Lipinski definition) is 1. The summed E-state index contributed by atoms with van der Waals surface area (Å²) in [6.45, 7) is 0. The van der Waals surface area contributed by atoms with Gasteiger partial charge in [-0.3, -0.25) is 4.31 Å². The molecule has 0 aliphatic carbocycles. The minimum atomic E-state index is -4.02. The van der Waals surface area contributed by atoms with E-state index >= 15 is 0 Å². The molecule has 2 aliphatic rings. The molecule has 0 bridgehead atoms. The SMILES string of the molecule is COc1ccc([C@@H]2C(C#N)=C(N)OC3=C2S(=O)(=O)N(C)c2ccccc23)c(OC)c1. The third-order valence-corrected chi connectivity index (χ3v) is 7.15. The first-order valence-corrected chi connectivity index (χ1v) is 10.4. The zero-order valence-corrected chi connectivity index (χ0v) is 17.4. The largest absolute Gasteiger partial charge is 0.497 e. The Labute approximate surface area is 174 Å². The third kappa shape index (κ3) is 2.69. The summed E-state index contributed by atoms with van der Waals surface area (Å²) in [5.41, 5.74) is 7.57. The molecule has 1 atom stereocenters. The van der Waals surface area contributed by atoms with Gasteiger partial charge in [-0.05, 0) is 18.2 Å². The maximum Gasteiger partial charge on any atom is 0.264 e. The number of fused-ring (bicyclic) bond motifs is 2. The van der Waals surface area contributed by atoms with Crippen LogP contribution in [-0.2, 0) is 14.8 Å². The van der Waals surface area contributed by atoms with Gasteiger partial charge in [-0.15, -0.1) is 0 Å². The standard InChI is InChI=1S/C21H19N3O5S/c1-24-16-7-5-4-6-13(16)19-20(30(24,25)26)18(15(11-22)21(23)29-19)14-9-8-12(27-2)10-17(14)28-3/h4-10,18H,23H2,1-3H3/t18-/m1/s1. The number of hydrogen-bond acceptors (Lipinski definition) is 7. The van der Waals surface area contributed by atoms with E-state index in [1.54, 1.807) is 42.5 Å². The zero-order valence-electron chi connectivity index (χ0n) is 16.5. The lowest BCUT2D eigenvalue weighted by molar-refractivity contribution is 0.355. The molecule has 2 heterocycles. The predicted molar refractivity (Wildman–Crippen MR) is 111 cm³/mol. The van der Waals surface area contributed by atoms with Gasteiger partial charge in [0.15, 0.2) is 5.76 Å². The summed E-state index contributed by atoms with van der Waals surface area (Å²) in [4.78, 5) is -0.0575. The highest BCUT2D eigenvalue weighted by Gasteiger charge is 2.46. The van der Waals surface area contributed by atoms with E-state index in [1.807, 2.05) is 6.07 Å². The first kappa shape index (κ1) is 19.7. The van der Waals surface area contributed by atoms with Gasteiger partial charge in [-0.2, -0.15) is 5.26 Å². The quantitative estimate of drug-likeness (QED) is 0.804. The summed E-state index contributed by atoms with van der Waals surface area (Å²) in [7, 11) is 0.421. The lowest BCUT2D eigenvalue weighted by atomic mass is 9.87. The number of rotatable bonds is 3. The van der Waals surface area contributed by atoms with E-state index in [0.29, 0.717) is 28.3 Å². The summed E-state index contributed by atoms with van der Waals surface area (Å²) in [5, 5.41) is 9.81. The Hall–Kier alpha value is -3.64. The van der Waals surface area contributed by atoms with Gasteiger partial charge in [0.2, 0.25) is 5.88 Å². The molecule has 4 rings (SSSR count). The number of nitrogens with zero attached hydrogens (tertiary/aromatic N) is 2. The van der Waals surface area contributed by atoms with Crippen molar-refractivity contribution in [2.45, 2.75) is 5.92 Å². The highest BCUT2D eigenvalue weighted by atomic mass is 32.2. The summed E-state index contributed by atoms with van der Waals surface area (Å²) in [6.07, 6.45) is 0. The monoisotopic (exact) mass is 425 g/mol. The van der Waals surface area contributed by atoms with E-state index in [-0.39, 0.29) is 22.1 Å². The van der Waals surface area contributed by atoms with Gasteiger partial charge in [0, 0.05) is 24.2 Å². The van der Waals surface area contributed by atoms with Crippen molar-refractivity contribution in [3.05, 3.63) is 70.0 Å². The van der Waals surface area contributed by atoms with E-state index in [0.717, 1.165) is 0 Å². The molecular weight excluding hydrogens is 406 g/mol.